The molecule has 0 atom stereocenters. The van der Waals surface area contributed by atoms with Crippen molar-refractivity contribution in [2.24, 2.45) is 0 Å². The van der Waals surface area contributed by atoms with E-state index in [1.54, 1.807) is 0 Å². The Hall–Kier alpha value is -1.77. The minimum Gasteiger partial charge on any atom is -0.383 e. The molecule has 3 heteroatoms. The third kappa shape index (κ3) is 2.26. The van der Waals surface area contributed by atoms with Crippen molar-refractivity contribution in [1.29, 1.82) is 0 Å². The van der Waals surface area contributed by atoms with Gasteiger partial charge in [-0.05, 0) is 6.42 Å². The molecule has 1 aromatic carbocycles. The first kappa shape index (κ1) is 12.7. The second-order valence-corrected chi connectivity index (χ2v) is 4.88. The first-order chi connectivity index (χ1) is 8.65. The molecule has 2 N–H and O–H groups in total. The van der Waals surface area contributed by atoms with Crippen molar-refractivity contribution in [3.8, 4) is 11.3 Å². The molecular weight excluding hydrogens is 222 g/mol. The maximum atomic E-state index is 6.26. The van der Waals surface area contributed by atoms with E-state index in [0.717, 1.165) is 35.9 Å². The van der Waals surface area contributed by atoms with Gasteiger partial charge in [-0.25, -0.2) is 4.98 Å². The monoisotopic (exact) mass is 243 g/mol. The minimum absolute atomic E-state index is 0.385. The topological polar surface area (TPSA) is 43.8 Å². The second kappa shape index (κ2) is 5.25. The van der Waals surface area contributed by atoms with Gasteiger partial charge in [0, 0.05) is 18.0 Å². The molecule has 0 radical (unpaired) electrons. The highest BCUT2D eigenvalue weighted by Gasteiger charge is 2.17. The number of benzene rings is 1. The Bertz CT molecular complexity index is 512. The zero-order chi connectivity index (χ0) is 13.1. The number of anilines is 1. The van der Waals surface area contributed by atoms with Crippen molar-refractivity contribution >= 4 is 5.82 Å². The molecule has 96 valence electrons. The van der Waals surface area contributed by atoms with Crippen LogP contribution in [0.3, 0.4) is 0 Å². The summed E-state index contributed by atoms with van der Waals surface area (Å²) in [6.07, 6.45) is 1.06. The zero-order valence-corrected chi connectivity index (χ0v) is 11.4. The fourth-order valence-corrected chi connectivity index (χ4v) is 2.19. The van der Waals surface area contributed by atoms with Crippen LogP contribution in [-0.4, -0.2) is 9.55 Å². The van der Waals surface area contributed by atoms with Crippen molar-refractivity contribution < 1.29 is 0 Å². The third-order valence-corrected chi connectivity index (χ3v) is 3.05. The Balaban J connectivity index is 2.53. The van der Waals surface area contributed by atoms with Crippen LogP contribution in [0, 0.1) is 0 Å². The molecule has 0 saturated carbocycles. The fourth-order valence-electron chi connectivity index (χ4n) is 2.19. The van der Waals surface area contributed by atoms with Gasteiger partial charge in [0.2, 0.25) is 0 Å². The molecule has 3 nitrogen and oxygen atoms in total. The van der Waals surface area contributed by atoms with Gasteiger partial charge in [-0.3, -0.25) is 0 Å². The third-order valence-electron chi connectivity index (χ3n) is 3.05. The maximum Gasteiger partial charge on any atom is 0.131 e. The molecule has 0 fully saturated rings. The summed E-state index contributed by atoms with van der Waals surface area (Å²) in [6, 6.07) is 10.1. The van der Waals surface area contributed by atoms with Crippen LogP contribution in [0.4, 0.5) is 5.82 Å². The van der Waals surface area contributed by atoms with Gasteiger partial charge in [0.1, 0.15) is 17.3 Å². The van der Waals surface area contributed by atoms with E-state index in [1.807, 2.05) is 18.2 Å². The highest BCUT2D eigenvalue weighted by atomic mass is 15.1. The van der Waals surface area contributed by atoms with Crippen LogP contribution in [0.1, 0.15) is 38.9 Å². The maximum absolute atomic E-state index is 6.26. The highest BCUT2D eigenvalue weighted by Crippen LogP contribution is 2.29. The second-order valence-electron chi connectivity index (χ2n) is 4.88. The molecule has 0 unspecified atom stereocenters. The Kier molecular flexibility index (Phi) is 3.70. The smallest absolute Gasteiger partial charge is 0.131 e. The van der Waals surface area contributed by atoms with Gasteiger partial charge in [0.15, 0.2) is 0 Å². The summed E-state index contributed by atoms with van der Waals surface area (Å²) in [7, 11) is 0. The van der Waals surface area contributed by atoms with Crippen molar-refractivity contribution in [2.45, 2.75) is 39.7 Å². The lowest BCUT2D eigenvalue weighted by molar-refractivity contribution is 0.616. The Labute approximate surface area is 109 Å². The lowest BCUT2D eigenvalue weighted by atomic mass is 10.1. The van der Waals surface area contributed by atoms with Crippen LogP contribution in [0.15, 0.2) is 30.3 Å². The summed E-state index contributed by atoms with van der Waals surface area (Å²) < 4.78 is 2.15. The molecular formula is C15H21N3. The predicted octanol–water partition coefficient (Wildman–Crippen LogP) is 3.67. The molecule has 0 aliphatic carbocycles. The van der Waals surface area contributed by atoms with E-state index in [0.29, 0.717) is 5.92 Å². The van der Waals surface area contributed by atoms with Gasteiger partial charge < -0.3 is 10.3 Å². The number of hydrogen-bond donors (Lipinski definition) is 1. The molecule has 0 aliphatic rings. The molecule has 18 heavy (non-hydrogen) atoms. The standard InChI is InChI=1S/C15H21N3/c1-4-10-18-14(16)13(17-15(18)11(2)3)12-8-6-5-7-9-12/h5-9,11H,4,10,16H2,1-3H3. The van der Waals surface area contributed by atoms with Gasteiger partial charge >= 0.3 is 0 Å². The molecule has 0 aliphatic heterocycles. The Morgan fingerprint density at radius 2 is 1.89 bits per heavy atom. The van der Waals surface area contributed by atoms with E-state index in [-0.39, 0.29) is 0 Å². The highest BCUT2D eigenvalue weighted by molar-refractivity contribution is 5.71. The van der Waals surface area contributed by atoms with E-state index < -0.39 is 0 Å². The lowest BCUT2D eigenvalue weighted by Crippen LogP contribution is -2.08. The Morgan fingerprint density at radius 3 is 2.44 bits per heavy atom. The quantitative estimate of drug-likeness (QED) is 0.890. The summed E-state index contributed by atoms with van der Waals surface area (Å²) in [5.41, 5.74) is 8.26. The van der Waals surface area contributed by atoms with Gasteiger partial charge in [0.05, 0.1) is 0 Å². The largest absolute Gasteiger partial charge is 0.383 e. The van der Waals surface area contributed by atoms with Crippen LogP contribution >= 0.6 is 0 Å². The van der Waals surface area contributed by atoms with E-state index in [2.05, 4.69) is 37.5 Å². The molecule has 0 amide bonds. The number of rotatable bonds is 4. The van der Waals surface area contributed by atoms with Gasteiger partial charge in [-0.15, -0.1) is 0 Å². The number of nitrogens with zero attached hydrogens (tertiary/aromatic N) is 2. The van der Waals surface area contributed by atoms with Crippen molar-refractivity contribution in [3.05, 3.63) is 36.2 Å². The molecule has 0 saturated heterocycles. The minimum atomic E-state index is 0.385. The van der Waals surface area contributed by atoms with E-state index in [4.69, 9.17) is 10.7 Å². The number of nitrogen functional groups attached to an aromatic ring is 1. The number of nitrogens with two attached hydrogens (primary N) is 1. The molecule has 2 rings (SSSR count). The van der Waals surface area contributed by atoms with Gasteiger partial charge in [0.25, 0.3) is 0 Å². The van der Waals surface area contributed by atoms with E-state index >= 15 is 0 Å². The van der Waals surface area contributed by atoms with E-state index in [9.17, 15) is 0 Å². The summed E-state index contributed by atoms with van der Waals surface area (Å²) in [6.45, 7) is 7.40. The summed E-state index contributed by atoms with van der Waals surface area (Å²) in [5, 5.41) is 0. The first-order valence-electron chi connectivity index (χ1n) is 6.56. The van der Waals surface area contributed by atoms with Crippen LogP contribution in [0.5, 0.6) is 0 Å². The van der Waals surface area contributed by atoms with Crippen LogP contribution in [-0.2, 0) is 6.54 Å². The molecule has 2 aromatic rings. The lowest BCUT2D eigenvalue weighted by Gasteiger charge is -2.10. The average Bonchev–Trinajstić information content (AvgIpc) is 2.69. The van der Waals surface area contributed by atoms with Crippen molar-refractivity contribution in [2.75, 3.05) is 5.73 Å². The number of imidazole rings is 1. The molecule has 0 bridgehead atoms. The van der Waals surface area contributed by atoms with Crippen molar-refractivity contribution in [1.82, 2.24) is 9.55 Å². The van der Waals surface area contributed by atoms with Gasteiger partial charge in [-0.1, -0.05) is 51.1 Å². The molecule has 1 heterocycles. The van der Waals surface area contributed by atoms with Crippen molar-refractivity contribution in [3.63, 3.8) is 0 Å². The molecule has 1 aromatic heterocycles. The SMILES string of the molecule is CCCn1c(C(C)C)nc(-c2ccccc2)c1N. The van der Waals surface area contributed by atoms with E-state index in [1.165, 1.54) is 0 Å². The zero-order valence-electron chi connectivity index (χ0n) is 11.4. The number of aromatic nitrogens is 2. The van der Waals surface area contributed by atoms with Crippen LogP contribution in [0.25, 0.3) is 11.3 Å². The summed E-state index contributed by atoms with van der Waals surface area (Å²) in [4.78, 5) is 4.74. The average molecular weight is 243 g/mol. The predicted molar refractivity (Wildman–Crippen MR) is 76.5 cm³/mol. The fraction of sp³-hybridized carbons (Fsp3) is 0.400. The summed E-state index contributed by atoms with van der Waals surface area (Å²) in [5.74, 6) is 2.25. The molecule has 0 spiro atoms. The summed E-state index contributed by atoms with van der Waals surface area (Å²) >= 11 is 0. The number of hydrogen-bond acceptors (Lipinski definition) is 2. The van der Waals surface area contributed by atoms with Gasteiger partial charge in [-0.2, -0.15) is 0 Å². The van der Waals surface area contributed by atoms with Crippen LogP contribution < -0.4 is 5.73 Å². The normalized spacial score (nSPS) is 11.1. The van der Waals surface area contributed by atoms with Crippen LogP contribution in [0.2, 0.25) is 0 Å². The first-order valence-corrected chi connectivity index (χ1v) is 6.56. The Morgan fingerprint density at radius 1 is 1.22 bits per heavy atom.